The molecule has 2 rings (SSSR count). The Hall–Kier alpha value is -2.32. The number of rotatable bonds is 3. The predicted molar refractivity (Wildman–Crippen MR) is 71.0 cm³/mol. The highest BCUT2D eigenvalue weighted by Crippen LogP contribution is 2.23. The van der Waals surface area contributed by atoms with Crippen LogP contribution in [0.15, 0.2) is 30.5 Å². The van der Waals surface area contributed by atoms with Gasteiger partial charge in [-0.25, -0.2) is 4.98 Å². The van der Waals surface area contributed by atoms with E-state index in [1.807, 2.05) is 0 Å². The Bertz CT molecular complexity index is 588. The lowest BCUT2D eigenvalue weighted by Gasteiger charge is -2.08. The molecule has 5 nitrogen and oxygen atoms in total. The van der Waals surface area contributed by atoms with Crippen molar-refractivity contribution in [2.45, 2.75) is 0 Å². The number of hydrogen-bond donors (Lipinski definition) is 2. The summed E-state index contributed by atoms with van der Waals surface area (Å²) in [5.74, 6) is 0.997. The molecule has 0 saturated carbocycles. The first-order valence-corrected chi connectivity index (χ1v) is 5.58. The van der Waals surface area contributed by atoms with Crippen molar-refractivity contribution >= 4 is 29.1 Å². The van der Waals surface area contributed by atoms with Gasteiger partial charge in [-0.1, -0.05) is 11.6 Å². The minimum Gasteiger partial charge on any atom is -0.357 e. The summed E-state index contributed by atoms with van der Waals surface area (Å²) in [5, 5.41) is 15.0. The molecule has 0 saturated heterocycles. The van der Waals surface area contributed by atoms with E-state index >= 15 is 0 Å². The standard InChI is InChI=1S/C12H10ClN5/c1-15-12-16-7-10(13)11(18-12)17-9-4-2-8(6-14)3-5-9/h2-5,7H,1H3,(H2,15,16,17,18). The van der Waals surface area contributed by atoms with Gasteiger partial charge in [-0.15, -0.1) is 0 Å². The highest BCUT2D eigenvalue weighted by atomic mass is 35.5. The van der Waals surface area contributed by atoms with E-state index in [0.717, 1.165) is 5.69 Å². The summed E-state index contributed by atoms with van der Waals surface area (Å²) in [6.07, 6.45) is 1.52. The van der Waals surface area contributed by atoms with Gasteiger partial charge in [0.1, 0.15) is 5.02 Å². The molecule has 6 heteroatoms. The fourth-order valence-electron chi connectivity index (χ4n) is 1.34. The van der Waals surface area contributed by atoms with Crippen LogP contribution in [-0.4, -0.2) is 17.0 Å². The Morgan fingerprint density at radius 2 is 2.00 bits per heavy atom. The molecule has 0 unspecified atom stereocenters. The molecule has 2 aromatic rings. The van der Waals surface area contributed by atoms with Gasteiger partial charge in [-0.05, 0) is 24.3 Å². The lowest BCUT2D eigenvalue weighted by Crippen LogP contribution is -2.00. The number of benzene rings is 1. The summed E-state index contributed by atoms with van der Waals surface area (Å²) in [6.45, 7) is 0. The second-order valence-electron chi connectivity index (χ2n) is 3.45. The normalized spacial score (nSPS) is 9.61. The number of halogens is 1. The van der Waals surface area contributed by atoms with Crippen molar-refractivity contribution in [1.29, 1.82) is 5.26 Å². The monoisotopic (exact) mass is 259 g/mol. The maximum absolute atomic E-state index is 8.71. The first kappa shape index (κ1) is 12.1. The summed E-state index contributed by atoms with van der Waals surface area (Å²) in [7, 11) is 1.73. The first-order chi connectivity index (χ1) is 8.72. The minimum absolute atomic E-state index is 0.429. The van der Waals surface area contributed by atoms with Crippen molar-refractivity contribution in [2.24, 2.45) is 0 Å². The number of nitrogens with one attached hydrogen (secondary N) is 2. The topological polar surface area (TPSA) is 73.6 Å². The van der Waals surface area contributed by atoms with Gasteiger partial charge in [0, 0.05) is 12.7 Å². The molecule has 0 aliphatic rings. The molecule has 1 aromatic carbocycles. The van der Waals surface area contributed by atoms with Crippen molar-refractivity contribution in [3.8, 4) is 6.07 Å². The van der Waals surface area contributed by atoms with Gasteiger partial charge in [-0.2, -0.15) is 10.2 Å². The van der Waals surface area contributed by atoms with E-state index in [1.54, 1.807) is 31.3 Å². The van der Waals surface area contributed by atoms with Crippen LogP contribution in [0.5, 0.6) is 0 Å². The van der Waals surface area contributed by atoms with E-state index in [2.05, 4.69) is 26.7 Å². The number of nitrogens with zero attached hydrogens (tertiary/aromatic N) is 3. The van der Waals surface area contributed by atoms with Crippen LogP contribution >= 0.6 is 11.6 Å². The Morgan fingerprint density at radius 3 is 2.61 bits per heavy atom. The van der Waals surface area contributed by atoms with Gasteiger partial charge in [0.25, 0.3) is 0 Å². The molecule has 1 aromatic heterocycles. The summed E-state index contributed by atoms with van der Waals surface area (Å²) >= 11 is 5.99. The van der Waals surface area contributed by atoms with Gasteiger partial charge >= 0.3 is 0 Å². The third-order valence-corrected chi connectivity index (χ3v) is 2.52. The lowest BCUT2D eigenvalue weighted by molar-refractivity contribution is 1.15. The second kappa shape index (κ2) is 5.34. The summed E-state index contributed by atoms with van der Waals surface area (Å²) in [4.78, 5) is 8.19. The van der Waals surface area contributed by atoms with E-state index in [9.17, 15) is 0 Å². The van der Waals surface area contributed by atoms with Crippen LogP contribution in [0.1, 0.15) is 5.56 Å². The zero-order valence-corrected chi connectivity index (χ0v) is 10.4. The first-order valence-electron chi connectivity index (χ1n) is 5.20. The molecule has 0 aliphatic heterocycles. The highest BCUT2D eigenvalue weighted by Gasteiger charge is 2.05. The number of hydrogen-bond acceptors (Lipinski definition) is 5. The van der Waals surface area contributed by atoms with Crippen molar-refractivity contribution in [3.05, 3.63) is 41.0 Å². The van der Waals surface area contributed by atoms with E-state index in [-0.39, 0.29) is 0 Å². The average Bonchev–Trinajstić information content (AvgIpc) is 2.42. The van der Waals surface area contributed by atoms with Crippen LogP contribution in [0.4, 0.5) is 17.5 Å². The number of nitriles is 1. The van der Waals surface area contributed by atoms with Crippen LogP contribution in [0.2, 0.25) is 5.02 Å². The summed E-state index contributed by atoms with van der Waals surface area (Å²) in [5.41, 5.74) is 1.40. The van der Waals surface area contributed by atoms with Crippen LogP contribution in [0.3, 0.4) is 0 Å². The van der Waals surface area contributed by atoms with Crippen LogP contribution < -0.4 is 10.6 Å². The molecule has 0 fully saturated rings. The predicted octanol–water partition coefficient (Wildman–Crippen LogP) is 2.79. The summed E-state index contributed by atoms with van der Waals surface area (Å²) < 4.78 is 0. The van der Waals surface area contributed by atoms with Crippen molar-refractivity contribution in [1.82, 2.24) is 9.97 Å². The van der Waals surface area contributed by atoms with E-state index < -0.39 is 0 Å². The SMILES string of the molecule is CNc1ncc(Cl)c(Nc2ccc(C#N)cc2)n1. The highest BCUT2D eigenvalue weighted by molar-refractivity contribution is 6.32. The molecule has 0 bridgehead atoms. The largest absolute Gasteiger partial charge is 0.357 e. The Balaban J connectivity index is 2.25. The van der Waals surface area contributed by atoms with Gasteiger partial charge in [-0.3, -0.25) is 0 Å². The fraction of sp³-hybridized carbons (Fsp3) is 0.0833. The van der Waals surface area contributed by atoms with Crippen LogP contribution in [0, 0.1) is 11.3 Å². The molecule has 0 amide bonds. The Labute approximate surface area is 109 Å². The average molecular weight is 260 g/mol. The molecule has 0 atom stereocenters. The molecule has 1 heterocycles. The van der Waals surface area contributed by atoms with Crippen molar-refractivity contribution in [2.75, 3.05) is 17.7 Å². The van der Waals surface area contributed by atoms with E-state index in [4.69, 9.17) is 16.9 Å². The summed E-state index contributed by atoms with van der Waals surface area (Å²) in [6, 6.07) is 9.07. The zero-order chi connectivity index (χ0) is 13.0. The molecule has 2 N–H and O–H groups in total. The van der Waals surface area contributed by atoms with Crippen LogP contribution in [-0.2, 0) is 0 Å². The maximum Gasteiger partial charge on any atom is 0.224 e. The third-order valence-electron chi connectivity index (χ3n) is 2.24. The van der Waals surface area contributed by atoms with Gasteiger partial charge in [0.15, 0.2) is 5.82 Å². The van der Waals surface area contributed by atoms with Gasteiger partial charge in [0.2, 0.25) is 5.95 Å². The van der Waals surface area contributed by atoms with Crippen molar-refractivity contribution < 1.29 is 0 Å². The molecular formula is C12H10ClN5. The zero-order valence-electron chi connectivity index (χ0n) is 9.61. The maximum atomic E-state index is 8.71. The smallest absolute Gasteiger partial charge is 0.224 e. The molecule has 0 spiro atoms. The van der Waals surface area contributed by atoms with E-state index in [1.165, 1.54) is 6.20 Å². The molecular weight excluding hydrogens is 250 g/mol. The second-order valence-corrected chi connectivity index (χ2v) is 3.86. The molecule has 18 heavy (non-hydrogen) atoms. The van der Waals surface area contributed by atoms with Gasteiger partial charge in [0.05, 0.1) is 17.8 Å². The number of anilines is 3. The molecule has 0 radical (unpaired) electrons. The quantitative estimate of drug-likeness (QED) is 0.887. The molecule has 0 aliphatic carbocycles. The fourth-order valence-corrected chi connectivity index (χ4v) is 1.48. The third kappa shape index (κ3) is 2.67. The lowest BCUT2D eigenvalue weighted by atomic mass is 10.2. The Kier molecular flexibility index (Phi) is 3.60. The minimum atomic E-state index is 0.429. The number of aromatic nitrogens is 2. The van der Waals surface area contributed by atoms with Gasteiger partial charge < -0.3 is 10.6 Å². The van der Waals surface area contributed by atoms with Crippen LogP contribution in [0.25, 0.3) is 0 Å². The Morgan fingerprint density at radius 1 is 1.28 bits per heavy atom. The van der Waals surface area contributed by atoms with Crippen molar-refractivity contribution in [3.63, 3.8) is 0 Å². The van der Waals surface area contributed by atoms with E-state index in [0.29, 0.717) is 22.4 Å². The molecule has 90 valence electrons.